The number of hydrogen-bond donors (Lipinski definition) is 1. The van der Waals surface area contributed by atoms with Gasteiger partial charge in [-0.2, -0.15) is 13.2 Å². The monoisotopic (exact) mass is 406 g/mol. The van der Waals surface area contributed by atoms with Gasteiger partial charge in [-0.15, -0.1) is 0 Å². The number of ether oxygens (including phenoxy) is 1. The number of piperidine rings is 1. The van der Waals surface area contributed by atoms with E-state index in [1.807, 2.05) is 13.8 Å². The second kappa shape index (κ2) is 8.93. The van der Waals surface area contributed by atoms with Crippen LogP contribution >= 0.6 is 11.6 Å². The van der Waals surface area contributed by atoms with Crippen molar-refractivity contribution < 1.29 is 27.5 Å². The van der Waals surface area contributed by atoms with E-state index in [4.69, 9.17) is 11.6 Å². The van der Waals surface area contributed by atoms with E-state index in [0.29, 0.717) is 5.02 Å². The lowest BCUT2D eigenvalue weighted by atomic mass is 9.96. The zero-order valence-electron chi connectivity index (χ0n) is 15.1. The fourth-order valence-corrected chi connectivity index (χ4v) is 3.38. The fourth-order valence-electron chi connectivity index (χ4n) is 3.21. The molecule has 1 heterocycles. The smallest absolute Gasteiger partial charge is 0.362 e. The number of likely N-dealkylation sites (tertiary alicyclic amines) is 1. The molecule has 1 aromatic carbocycles. The van der Waals surface area contributed by atoms with Gasteiger partial charge in [0.1, 0.15) is 13.2 Å². The number of amides is 2. The summed E-state index contributed by atoms with van der Waals surface area (Å²) >= 11 is 6.01. The molecule has 0 bridgehead atoms. The highest BCUT2D eigenvalue weighted by atomic mass is 35.5. The molecule has 0 saturated carbocycles. The topological polar surface area (TPSA) is 58.6 Å². The number of alkyl halides is 3. The van der Waals surface area contributed by atoms with Crippen LogP contribution in [0.1, 0.15) is 43.5 Å². The second-order valence-electron chi connectivity index (χ2n) is 6.69. The molecule has 0 radical (unpaired) electrons. The Balaban J connectivity index is 2.14. The molecule has 5 nitrogen and oxygen atoms in total. The average molecular weight is 407 g/mol. The third-order valence-electron chi connectivity index (χ3n) is 4.41. The molecule has 2 amide bonds. The van der Waals surface area contributed by atoms with Crippen LogP contribution in [0.25, 0.3) is 0 Å². The summed E-state index contributed by atoms with van der Waals surface area (Å²) in [6, 6.07) is 4.48. The molecule has 1 fully saturated rings. The van der Waals surface area contributed by atoms with Gasteiger partial charge in [-0.1, -0.05) is 11.6 Å². The number of nitrogens with one attached hydrogen (secondary N) is 1. The summed E-state index contributed by atoms with van der Waals surface area (Å²) in [7, 11) is 0. The minimum atomic E-state index is -4.51. The summed E-state index contributed by atoms with van der Waals surface area (Å²) in [5.41, 5.74) is 0.391. The summed E-state index contributed by atoms with van der Waals surface area (Å²) < 4.78 is 40.7. The molecule has 2 rings (SSSR count). The van der Waals surface area contributed by atoms with Crippen LogP contribution < -0.4 is 5.32 Å². The number of benzene rings is 1. The van der Waals surface area contributed by atoms with E-state index in [-0.39, 0.29) is 29.2 Å². The van der Waals surface area contributed by atoms with Crippen LogP contribution in [0.5, 0.6) is 0 Å². The van der Waals surface area contributed by atoms with Gasteiger partial charge in [0, 0.05) is 17.1 Å². The van der Waals surface area contributed by atoms with E-state index in [0.717, 1.165) is 19.3 Å². The number of carbonyl (C=O) groups is 2. The number of hydrogen-bond acceptors (Lipinski definition) is 3. The normalized spacial score (nSPS) is 20.4. The van der Waals surface area contributed by atoms with Crippen molar-refractivity contribution in [3.05, 3.63) is 28.8 Å². The average Bonchev–Trinajstić information content (AvgIpc) is 2.55. The van der Waals surface area contributed by atoms with Gasteiger partial charge in [-0.3, -0.25) is 9.59 Å². The Hall–Kier alpha value is -1.80. The molecule has 1 saturated heterocycles. The number of rotatable bonds is 5. The number of anilines is 1. The first-order chi connectivity index (χ1) is 12.6. The molecule has 2 atom stereocenters. The van der Waals surface area contributed by atoms with Crippen molar-refractivity contribution in [1.82, 2.24) is 4.90 Å². The van der Waals surface area contributed by atoms with E-state index in [2.05, 4.69) is 10.1 Å². The van der Waals surface area contributed by atoms with Crippen molar-refractivity contribution in [2.75, 3.05) is 18.5 Å². The Morgan fingerprint density at radius 3 is 2.48 bits per heavy atom. The highest BCUT2D eigenvalue weighted by Gasteiger charge is 2.31. The molecule has 0 aromatic heterocycles. The van der Waals surface area contributed by atoms with Gasteiger partial charge in [0.15, 0.2) is 0 Å². The summed E-state index contributed by atoms with van der Waals surface area (Å²) in [6.07, 6.45) is -1.72. The largest absolute Gasteiger partial charge is 0.411 e. The fraction of sp³-hybridized carbons (Fsp3) is 0.556. The number of carbonyl (C=O) groups excluding carboxylic acids is 2. The zero-order chi connectivity index (χ0) is 20.2. The number of nitrogens with zero attached hydrogens (tertiary/aromatic N) is 1. The molecule has 150 valence electrons. The van der Waals surface area contributed by atoms with E-state index in [1.54, 1.807) is 4.90 Å². The molecule has 0 spiro atoms. The van der Waals surface area contributed by atoms with Gasteiger partial charge in [-0.25, -0.2) is 0 Å². The molecule has 0 unspecified atom stereocenters. The van der Waals surface area contributed by atoms with Crippen LogP contribution in [-0.4, -0.2) is 48.2 Å². The zero-order valence-corrected chi connectivity index (χ0v) is 15.9. The highest BCUT2D eigenvalue weighted by Crippen LogP contribution is 2.28. The summed E-state index contributed by atoms with van der Waals surface area (Å²) in [6.45, 7) is 1.63. The number of halogens is 4. The molecule has 9 heteroatoms. The quantitative estimate of drug-likeness (QED) is 0.794. The van der Waals surface area contributed by atoms with E-state index in [9.17, 15) is 22.8 Å². The SMILES string of the molecule is C[C@@H]1CCC[C@H](C)N1C(=O)c1cc(Cl)ccc1NC(=O)COCC(F)(F)F. The Morgan fingerprint density at radius 2 is 1.89 bits per heavy atom. The Kier molecular flexibility index (Phi) is 7.11. The predicted molar refractivity (Wildman–Crippen MR) is 95.9 cm³/mol. The van der Waals surface area contributed by atoms with Crippen molar-refractivity contribution in [2.45, 2.75) is 51.4 Å². The van der Waals surface area contributed by atoms with Gasteiger partial charge in [-0.05, 0) is 51.3 Å². The van der Waals surface area contributed by atoms with Gasteiger partial charge in [0.2, 0.25) is 5.91 Å². The van der Waals surface area contributed by atoms with Crippen LogP contribution in [-0.2, 0) is 9.53 Å². The molecule has 1 aliphatic rings. The van der Waals surface area contributed by atoms with Gasteiger partial charge >= 0.3 is 6.18 Å². The molecular formula is C18H22ClF3N2O3. The minimum absolute atomic E-state index is 0.0407. The Morgan fingerprint density at radius 1 is 1.26 bits per heavy atom. The molecular weight excluding hydrogens is 385 g/mol. The summed E-state index contributed by atoms with van der Waals surface area (Å²) in [5, 5.41) is 2.76. The van der Waals surface area contributed by atoms with Crippen molar-refractivity contribution in [3.63, 3.8) is 0 Å². The van der Waals surface area contributed by atoms with Crippen molar-refractivity contribution in [3.8, 4) is 0 Å². The maximum atomic E-state index is 13.1. The third-order valence-corrected chi connectivity index (χ3v) is 4.65. The maximum Gasteiger partial charge on any atom is 0.411 e. The van der Waals surface area contributed by atoms with Gasteiger partial charge < -0.3 is 15.0 Å². The molecule has 0 aliphatic carbocycles. The summed E-state index contributed by atoms with van der Waals surface area (Å²) in [5.74, 6) is -1.06. The van der Waals surface area contributed by atoms with Crippen LogP contribution in [0.4, 0.5) is 18.9 Å². The Bertz CT molecular complexity index is 687. The molecule has 1 aromatic rings. The maximum absolute atomic E-state index is 13.1. The standard InChI is InChI=1S/C18H22ClF3N2O3/c1-11-4-3-5-12(2)24(11)17(26)14-8-13(19)6-7-15(14)23-16(25)9-27-10-18(20,21)22/h6-8,11-12H,3-5,9-10H2,1-2H3,(H,23,25)/t11-,12+. The first-order valence-electron chi connectivity index (χ1n) is 8.65. The van der Waals surface area contributed by atoms with Crippen LogP contribution in [0.2, 0.25) is 5.02 Å². The van der Waals surface area contributed by atoms with Crippen molar-refractivity contribution in [2.24, 2.45) is 0 Å². The lowest BCUT2D eigenvalue weighted by molar-refractivity contribution is -0.174. The first-order valence-corrected chi connectivity index (χ1v) is 9.03. The van der Waals surface area contributed by atoms with Crippen molar-refractivity contribution >= 4 is 29.1 Å². The lowest BCUT2D eigenvalue weighted by Gasteiger charge is -2.39. The highest BCUT2D eigenvalue weighted by molar-refractivity contribution is 6.31. The Labute approximate surface area is 160 Å². The van der Waals surface area contributed by atoms with Crippen molar-refractivity contribution in [1.29, 1.82) is 0 Å². The van der Waals surface area contributed by atoms with E-state index >= 15 is 0 Å². The molecule has 27 heavy (non-hydrogen) atoms. The van der Waals surface area contributed by atoms with Gasteiger partial charge in [0.05, 0.1) is 11.3 Å². The second-order valence-corrected chi connectivity index (χ2v) is 7.12. The van der Waals surface area contributed by atoms with E-state index in [1.165, 1.54) is 18.2 Å². The van der Waals surface area contributed by atoms with Gasteiger partial charge in [0.25, 0.3) is 5.91 Å². The van der Waals surface area contributed by atoms with Crippen LogP contribution in [0.3, 0.4) is 0 Å². The molecule has 1 aliphatic heterocycles. The summed E-state index contributed by atoms with van der Waals surface area (Å²) in [4.78, 5) is 26.7. The molecule has 1 N–H and O–H groups in total. The van der Waals surface area contributed by atoms with Crippen LogP contribution in [0.15, 0.2) is 18.2 Å². The minimum Gasteiger partial charge on any atom is -0.362 e. The van der Waals surface area contributed by atoms with E-state index < -0.39 is 25.3 Å². The van der Waals surface area contributed by atoms with Crippen LogP contribution in [0, 0.1) is 0 Å². The predicted octanol–water partition coefficient (Wildman–Crippen LogP) is 4.26. The lowest BCUT2D eigenvalue weighted by Crippen LogP contribution is -2.47. The first kappa shape index (κ1) is 21.5. The third kappa shape index (κ3) is 6.10.